The SMILES string of the molecule is CCOC(=O)c1coc(Oc2ccc(C#N)cc2OC)n1. The zero-order valence-electron chi connectivity index (χ0n) is 11.5. The van der Waals surface area contributed by atoms with Gasteiger partial charge < -0.3 is 18.6 Å². The van der Waals surface area contributed by atoms with E-state index >= 15 is 0 Å². The minimum absolute atomic E-state index is 0.0134. The van der Waals surface area contributed by atoms with Crippen LogP contribution >= 0.6 is 0 Å². The van der Waals surface area contributed by atoms with Gasteiger partial charge in [0.05, 0.1) is 25.3 Å². The van der Waals surface area contributed by atoms with Crippen molar-refractivity contribution in [1.82, 2.24) is 4.98 Å². The van der Waals surface area contributed by atoms with E-state index in [4.69, 9.17) is 23.9 Å². The fourth-order valence-electron chi connectivity index (χ4n) is 1.52. The van der Waals surface area contributed by atoms with E-state index in [1.807, 2.05) is 6.07 Å². The van der Waals surface area contributed by atoms with Gasteiger partial charge in [-0.05, 0) is 19.1 Å². The summed E-state index contributed by atoms with van der Waals surface area (Å²) >= 11 is 0. The standard InChI is InChI=1S/C14H12N2O5/c1-3-19-13(17)10-8-20-14(16-10)21-11-5-4-9(7-15)6-12(11)18-2/h4-6,8H,3H2,1-2H3. The predicted octanol–water partition coefficient (Wildman–Crippen LogP) is 2.52. The average molecular weight is 288 g/mol. The Balaban J connectivity index is 2.19. The number of hydrogen-bond donors (Lipinski definition) is 0. The number of carbonyl (C=O) groups is 1. The lowest BCUT2D eigenvalue weighted by atomic mass is 10.2. The Morgan fingerprint density at radius 3 is 2.90 bits per heavy atom. The second kappa shape index (κ2) is 6.43. The second-order valence-corrected chi connectivity index (χ2v) is 3.80. The molecular formula is C14H12N2O5. The first kappa shape index (κ1) is 14.4. The quantitative estimate of drug-likeness (QED) is 0.780. The summed E-state index contributed by atoms with van der Waals surface area (Å²) in [4.78, 5) is 15.3. The van der Waals surface area contributed by atoms with Crippen LogP contribution in [0.15, 0.2) is 28.9 Å². The molecule has 0 fully saturated rings. The number of benzene rings is 1. The molecule has 0 bridgehead atoms. The molecule has 0 unspecified atom stereocenters. The van der Waals surface area contributed by atoms with Crippen molar-refractivity contribution in [3.63, 3.8) is 0 Å². The number of esters is 1. The number of hydrogen-bond acceptors (Lipinski definition) is 7. The van der Waals surface area contributed by atoms with Gasteiger partial charge in [0.15, 0.2) is 17.2 Å². The van der Waals surface area contributed by atoms with E-state index in [-0.39, 0.29) is 18.4 Å². The van der Waals surface area contributed by atoms with Crippen LogP contribution in [0.3, 0.4) is 0 Å². The first-order chi connectivity index (χ1) is 10.2. The number of methoxy groups -OCH3 is 1. The molecule has 0 aliphatic carbocycles. The molecule has 0 spiro atoms. The van der Waals surface area contributed by atoms with Gasteiger partial charge in [-0.1, -0.05) is 0 Å². The van der Waals surface area contributed by atoms with Gasteiger partial charge in [0.1, 0.15) is 6.26 Å². The summed E-state index contributed by atoms with van der Waals surface area (Å²) in [5, 5.41) is 8.82. The van der Waals surface area contributed by atoms with Crippen LogP contribution in [0.1, 0.15) is 23.0 Å². The summed E-state index contributed by atoms with van der Waals surface area (Å²) in [5.41, 5.74) is 0.443. The first-order valence-electron chi connectivity index (χ1n) is 6.06. The Labute approximate surface area is 120 Å². The lowest BCUT2D eigenvalue weighted by molar-refractivity contribution is 0.0519. The molecule has 2 aromatic rings. The van der Waals surface area contributed by atoms with Crippen LogP contribution in [-0.2, 0) is 4.74 Å². The van der Waals surface area contributed by atoms with Crippen molar-refractivity contribution in [3.05, 3.63) is 35.7 Å². The minimum atomic E-state index is -0.595. The van der Waals surface area contributed by atoms with Gasteiger partial charge in [-0.2, -0.15) is 10.2 Å². The van der Waals surface area contributed by atoms with Crippen LogP contribution in [0.25, 0.3) is 0 Å². The second-order valence-electron chi connectivity index (χ2n) is 3.80. The van der Waals surface area contributed by atoms with Crippen molar-refractivity contribution in [3.8, 4) is 23.6 Å². The van der Waals surface area contributed by atoms with E-state index in [1.54, 1.807) is 19.1 Å². The van der Waals surface area contributed by atoms with E-state index in [1.165, 1.54) is 13.2 Å². The molecule has 7 nitrogen and oxygen atoms in total. The molecule has 1 aromatic carbocycles. The van der Waals surface area contributed by atoms with Crippen LogP contribution in [-0.4, -0.2) is 24.7 Å². The van der Waals surface area contributed by atoms with Gasteiger partial charge in [-0.15, -0.1) is 0 Å². The van der Waals surface area contributed by atoms with Gasteiger partial charge in [-0.3, -0.25) is 0 Å². The minimum Gasteiger partial charge on any atom is -0.493 e. The molecule has 0 aliphatic rings. The molecule has 2 rings (SSSR count). The van der Waals surface area contributed by atoms with Crippen LogP contribution in [0, 0.1) is 11.3 Å². The summed E-state index contributed by atoms with van der Waals surface area (Å²) in [6.45, 7) is 1.93. The van der Waals surface area contributed by atoms with Crippen molar-refractivity contribution in [2.45, 2.75) is 6.92 Å². The number of nitrogens with zero attached hydrogens (tertiary/aromatic N) is 2. The maximum atomic E-state index is 11.5. The Kier molecular flexibility index (Phi) is 4.41. The zero-order chi connectivity index (χ0) is 15.2. The Morgan fingerprint density at radius 2 is 2.24 bits per heavy atom. The number of oxazole rings is 1. The van der Waals surface area contributed by atoms with E-state index in [9.17, 15) is 4.79 Å². The van der Waals surface area contributed by atoms with Gasteiger partial charge in [-0.25, -0.2) is 4.79 Å². The number of aromatic nitrogens is 1. The highest BCUT2D eigenvalue weighted by molar-refractivity contribution is 5.86. The monoisotopic (exact) mass is 288 g/mol. The van der Waals surface area contributed by atoms with Crippen molar-refractivity contribution in [2.24, 2.45) is 0 Å². The maximum absolute atomic E-state index is 11.5. The van der Waals surface area contributed by atoms with Gasteiger partial charge in [0.25, 0.3) is 0 Å². The lowest BCUT2D eigenvalue weighted by Gasteiger charge is -2.07. The molecule has 21 heavy (non-hydrogen) atoms. The van der Waals surface area contributed by atoms with Crippen molar-refractivity contribution in [2.75, 3.05) is 13.7 Å². The molecular weight excluding hydrogens is 276 g/mol. The van der Waals surface area contributed by atoms with Crippen LogP contribution in [0.2, 0.25) is 0 Å². The maximum Gasteiger partial charge on any atom is 0.400 e. The normalized spacial score (nSPS) is 9.76. The highest BCUT2D eigenvalue weighted by atomic mass is 16.6. The molecule has 1 aromatic heterocycles. The van der Waals surface area contributed by atoms with E-state index in [2.05, 4.69) is 4.98 Å². The third-order valence-corrected chi connectivity index (χ3v) is 2.46. The number of rotatable bonds is 5. The first-order valence-corrected chi connectivity index (χ1v) is 6.06. The molecule has 0 aliphatic heterocycles. The third-order valence-electron chi connectivity index (χ3n) is 2.46. The summed E-state index contributed by atoms with van der Waals surface area (Å²) in [7, 11) is 1.45. The van der Waals surface area contributed by atoms with Gasteiger partial charge >= 0.3 is 12.0 Å². The van der Waals surface area contributed by atoms with Crippen molar-refractivity contribution >= 4 is 5.97 Å². The summed E-state index contributed by atoms with van der Waals surface area (Å²) in [5.74, 6) is 0.0709. The lowest BCUT2D eigenvalue weighted by Crippen LogP contribution is -2.04. The van der Waals surface area contributed by atoms with E-state index in [0.717, 1.165) is 6.26 Å². The predicted molar refractivity (Wildman–Crippen MR) is 70.2 cm³/mol. The molecule has 0 saturated carbocycles. The third kappa shape index (κ3) is 3.30. The fourth-order valence-corrected chi connectivity index (χ4v) is 1.52. The molecule has 0 amide bonds. The van der Waals surface area contributed by atoms with Crippen LogP contribution < -0.4 is 9.47 Å². The molecule has 0 N–H and O–H groups in total. The smallest absolute Gasteiger partial charge is 0.400 e. The topological polar surface area (TPSA) is 94.6 Å². The molecule has 108 valence electrons. The fraction of sp³-hybridized carbons (Fsp3) is 0.214. The Morgan fingerprint density at radius 1 is 1.43 bits per heavy atom. The van der Waals surface area contributed by atoms with Crippen molar-refractivity contribution in [1.29, 1.82) is 5.26 Å². The highest BCUT2D eigenvalue weighted by Gasteiger charge is 2.16. The van der Waals surface area contributed by atoms with E-state index < -0.39 is 5.97 Å². The molecule has 0 radical (unpaired) electrons. The zero-order valence-corrected chi connectivity index (χ0v) is 11.5. The molecule has 7 heteroatoms. The number of nitriles is 1. The molecule has 1 heterocycles. The van der Waals surface area contributed by atoms with Gasteiger partial charge in [0.2, 0.25) is 0 Å². The van der Waals surface area contributed by atoms with Crippen molar-refractivity contribution < 1.29 is 23.4 Å². The summed E-state index contributed by atoms with van der Waals surface area (Å²) < 4.78 is 20.3. The largest absolute Gasteiger partial charge is 0.493 e. The van der Waals surface area contributed by atoms with Crippen LogP contribution in [0.4, 0.5) is 0 Å². The Bertz CT molecular complexity index is 687. The number of ether oxygens (including phenoxy) is 3. The molecule has 0 saturated heterocycles. The van der Waals surface area contributed by atoms with Gasteiger partial charge in [0, 0.05) is 6.07 Å². The molecule has 0 atom stereocenters. The van der Waals surface area contributed by atoms with Crippen LogP contribution in [0.5, 0.6) is 17.6 Å². The average Bonchev–Trinajstić information content (AvgIpc) is 2.96. The summed E-state index contributed by atoms with van der Waals surface area (Å²) in [6.07, 6.45) is 1.02. The Hall–Kier alpha value is -3.01. The van der Waals surface area contributed by atoms with E-state index in [0.29, 0.717) is 17.1 Å². The summed E-state index contributed by atoms with van der Waals surface area (Å²) in [6, 6.07) is 6.62. The number of carbonyl (C=O) groups excluding carboxylic acids is 1. The highest BCUT2D eigenvalue weighted by Crippen LogP contribution is 2.31.